The first-order valence-corrected chi connectivity index (χ1v) is 9.27. The van der Waals surface area contributed by atoms with Crippen LogP contribution in [0.5, 0.6) is 0 Å². The van der Waals surface area contributed by atoms with Crippen molar-refractivity contribution in [2.75, 3.05) is 5.32 Å². The first-order valence-electron chi connectivity index (χ1n) is 7.57. The van der Waals surface area contributed by atoms with Gasteiger partial charge < -0.3 is 5.32 Å². The summed E-state index contributed by atoms with van der Waals surface area (Å²) in [6, 6.07) is 3.64. The van der Waals surface area contributed by atoms with E-state index in [-0.39, 0.29) is 24.5 Å². The van der Waals surface area contributed by atoms with Crippen LogP contribution in [0, 0.1) is 0 Å². The number of fused-ring (bicyclic) bond motifs is 1. The molecule has 4 nitrogen and oxygen atoms in total. The fraction of sp³-hybridized carbons (Fsp3) is 0.438. The van der Waals surface area contributed by atoms with E-state index in [1.54, 1.807) is 17.4 Å². The van der Waals surface area contributed by atoms with Gasteiger partial charge in [-0.3, -0.25) is 9.59 Å². The molecular weight excluding hydrogens is 316 g/mol. The SMILES string of the molecule is O=C(CCC(=O)c1cccs1)Nc1nc2c(s1)CCCCC2. The number of hydrogen-bond acceptors (Lipinski definition) is 5. The molecule has 0 aromatic carbocycles. The molecule has 2 aromatic heterocycles. The van der Waals surface area contributed by atoms with E-state index in [4.69, 9.17) is 0 Å². The van der Waals surface area contributed by atoms with Crippen molar-refractivity contribution >= 4 is 39.5 Å². The molecule has 0 aliphatic heterocycles. The first-order chi connectivity index (χ1) is 10.7. The fourth-order valence-electron chi connectivity index (χ4n) is 2.55. The maximum atomic E-state index is 12.0. The van der Waals surface area contributed by atoms with E-state index in [9.17, 15) is 9.59 Å². The second kappa shape index (κ2) is 7.15. The number of carbonyl (C=O) groups is 2. The predicted molar refractivity (Wildman–Crippen MR) is 89.9 cm³/mol. The molecule has 3 rings (SSSR count). The van der Waals surface area contributed by atoms with Gasteiger partial charge in [-0.15, -0.1) is 22.7 Å². The van der Waals surface area contributed by atoms with Crippen LogP contribution in [0.25, 0.3) is 0 Å². The standard InChI is InChI=1S/C16H18N2O2S2/c19-12(14-7-4-10-21-14)8-9-15(20)18-16-17-11-5-2-1-3-6-13(11)22-16/h4,7,10H,1-3,5-6,8-9H2,(H,17,18,20). The van der Waals surface area contributed by atoms with Crippen molar-refractivity contribution in [3.8, 4) is 0 Å². The van der Waals surface area contributed by atoms with Crippen LogP contribution >= 0.6 is 22.7 Å². The monoisotopic (exact) mass is 334 g/mol. The van der Waals surface area contributed by atoms with Crippen molar-refractivity contribution in [2.45, 2.75) is 44.9 Å². The summed E-state index contributed by atoms with van der Waals surface area (Å²) in [5.74, 6) is -0.103. The summed E-state index contributed by atoms with van der Waals surface area (Å²) >= 11 is 3.00. The number of rotatable bonds is 5. The van der Waals surface area contributed by atoms with Gasteiger partial charge in [0.25, 0.3) is 0 Å². The van der Waals surface area contributed by atoms with Crippen LogP contribution in [0.15, 0.2) is 17.5 Å². The normalized spacial score (nSPS) is 14.2. The first kappa shape index (κ1) is 15.4. The van der Waals surface area contributed by atoms with E-state index >= 15 is 0 Å². The predicted octanol–water partition coefficient (Wildman–Crippen LogP) is 4.08. The van der Waals surface area contributed by atoms with Crippen molar-refractivity contribution in [2.24, 2.45) is 0 Å². The zero-order chi connectivity index (χ0) is 15.4. The number of aromatic nitrogens is 1. The van der Waals surface area contributed by atoms with Gasteiger partial charge >= 0.3 is 0 Å². The smallest absolute Gasteiger partial charge is 0.226 e. The van der Waals surface area contributed by atoms with Crippen LogP contribution in [-0.2, 0) is 17.6 Å². The van der Waals surface area contributed by atoms with Gasteiger partial charge in [0, 0.05) is 17.7 Å². The molecule has 0 saturated carbocycles. The Morgan fingerprint density at radius 1 is 1.18 bits per heavy atom. The quantitative estimate of drug-likeness (QED) is 0.662. The Morgan fingerprint density at radius 3 is 2.86 bits per heavy atom. The molecule has 1 aliphatic rings. The van der Waals surface area contributed by atoms with Gasteiger partial charge in [0.2, 0.25) is 5.91 Å². The number of amides is 1. The molecule has 2 aromatic rings. The van der Waals surface area contributed by atoms with Crippen LogP contribution in [-0.4, -0.2) is 16.7 Å². The third kappa shape index (κ3) is 3.81. The lowest BCUT2D eigenvalue weighted by Gasteiger charge is -2.01. The zero-order valence-electron chi connectivity index (χ0n) is 12.3. The minimum Gasteiger partial charge on any atom is -0.302 e. The molecule has 1 amide bonds. The second-order valence-corrected chi connectivity index (χ2v) is 7.43. The average molecular weight is 334 g/mol. The Morgan fingerprint density at radius 2 is 2.05 bits per heavy atom. The van der Waals surface area contributed by atoms with Crippen LogP contribution in [0.2, 0.25) is 0 Å². The highest BCUT2D eigenvalue weighted by Crippen LogP contribution is 2.29. The van der Waals surface area contributed by atoms with Crippen molar-refractivity contribution < 1.29 is 9.59 Å². The van der Waals surface area contributed by atoms with Gasteiger partial charge in [-0.2, -0.15) is 0 Å². The molecular formula is C16H18N2O2S2. The molecule has 1 aliphatic carbocycles. The molecule has 0 spiro atoms. The number of nitrogens with zero attached hydrogens (tertiary/aromatic N) is 1. The number of Topliss-reactive ketones (excluding diaryl/α,β-unsaturated/α-hetero) is 1. The fourth-order valence-corrected chi connectivity index (χ4v) is 4.31. The van der Waals surface area contributed by atoms with Gasteiger partial charge in [-0.25, -0.2) is 4.98 Å². The van der Waals surface area contributed by atoms with E-state index in [1.165, 1.54) is 35.5 Å². The van der Waals surface area contributed by atoms with Crippen molar-refractivity contribution in [3.05, 3.63) is 33.0 Å². The molecule has 116 valence electrons. The largest absolute Gasteiger partial charge is 0.302 e. The Labute approximate surface area is 137 Å². The Kier molecular flexibility index (Phi) is 5.00. The van der Waals surface area contributed by atoms with Gasteiger partial charge in [0.15, 0.2) is 10.9 Å². The van der Waals surface area contributed by atoms with E-state index in [0.29, 0.717) is 10.0 Å². The van der Waals surface area contributed by atoms with Crippen molar-refractivity contribution in [3.63, 3.8) is 0 Å². The van der Waals surface area contributed by atoms with E-state index in [1.807, 2.05) is 11.4 Å². The molecule has 22 heavy (non-hydrogen) atoms. The van der Waals surface area contributed by atoms with Crippen LogP contribution in [0.3, 0.4) is 0 Å². The molecule has 1 N–H and O–H groups in total. The zero-order valence-corrected chi connectivity index (χ0v) is 13.9. The summed E-state index contributed by atoms with van der Waals surface area (Å²) in [4.78, 5) is 30.4. The summed E-state index contributed by atoms with van der Waals surface area (Å²) in [5, 5.41) is 5.39. The maximum Gasteiger partial charge on any atom is 0.226 e. The third-order valence-electron chi connectivity index (χ3n) is 3.72. The van der Waals surface area contributed by atoms with Crippen molar-refractivity contribution in [1.82, 2.24) is 4.98 Å². The molecule has 0 fully saturated rings. The maximum absolute atomic E-state index is 12.0. The van der Waals surface area contributed by atoms with E-state index in [2.05, 4.69) is 10.3 Å². The summed E-state index contributed by atoms with van der Waals surface area (Å²) in [5.41, 5.74) is 1.15. The van der Waals surface area contributed by atoms with Crippen molar-refractivity contribution in [1.29, 1.82) is 0 Å². The number of hydrogen-bond donors (Lipinski definition) is 1. The Balaban J connectivity index is 1.52. The lowest BCUT2D eigenvalue weighted by atomic mass is 10.2. The topological polar surface area (TPSA) is 59.1 Å². The summed E-state index contributed by atoms with van der Waals surface area (Å²) < 4.78 is 0. The number of thiazole rings is 1. The molecule has 0 radical (unpaired) electrons. The van der Waals surface area contributed by atoms with Gasteiger partial charge in [-0.05, 0) is 37.1 Å². The van der Waals surface area contributed by atoms with Crippen LogP contribution in [0.1, 0.15) is 52.3 Å². The lowest BCUT2D eigenvalue weighted by molar-refractivity contribution is -0.116. The Bertz CT molecular complexity index is 638. The van der Waals surface area contributed by atoms with Crippen LogP contribution < -0.4 is 5.32 Å². The Hall–Kier alpha value is -1.53. The molecule has 6 heteroatoms. The lowest BCUT2D eigenvalue weighted by Crippen LogP contribution is -2.13. The third-order valence-corrected chi connectivity index (χ3v) is 5.70. The number of ketones is 1. The average Bonchev–Trinajstić information content (AvgIpc) is 3.11. The van der Waals surface area contributed by atoms with Gasteiger partial charge in [0.05, 0.1) is 10.6 Å². The highest BCUT2D eigenvalue weighted by atomic mass is 32.1. The minimum atomic E-state index is -0.131. The highest BCUT2D eigenvalue weighted by molar-refractivity contribution is 7.15. The molecule has 0 unspecified atom stereocenters. The molecule has 0 saturated heterocycles. The van der Waals surface area contributed by atoms with E-state index < -0.39 is 0 Å². The summed E-state index contributed by atoms with van der Waals surface area (Å²) in [6.07, 6.45) is 6.18. The molecule has 2 heterocycles. The van der Waals surface area contributed by atoms with Crippen LogP contribution in [0.4, 0.5) is 5.13 Å². The number of carbonyl (C=O) groups excluding carboxylic acids is 2. The number of nitrogens with one attached hydrogen (secondary N) is 1. The number of thiophene rings is 1. The minimum absolute atomic E-state index is 0.0278. The number of aryl methyl sites for hydroxylation is 2. The van der Waals surface area contributed by atoms with E-state index in [0.717, 1.165) is 18.5 Å². The summed E-state index contributed by atoms with van der Waals surface area (Å²) in [7, 11) is 0. The number of anilines is 1. The molecule has 0 atom stereocenters. The molecule has 0 bridgehead atoms. The second-order valence-electron chi connectivity index (χ2n) is 5.40. The summed E-state index contributed by atoms with van der Waals surface area (Å²) in [6.45, 7) is 0. The highest BCUT2D eigenvalue weighted by Gasteiger charge is 2.16. The van der Waals surface area contributed by atoms with Gasteiger partial charge in [-0.1, -0.05) is 12.5 Å². The van der Waals surface area contributed by atoms with Gasteiger partial charge in [0.1, 0.15) is 0 Å².